The van der Waals surface area contributed by atoms with Crippen LogP contribution in [0.25, 0.3) is 0 Å². The van der Waals surface area contributed by atoms with Crippen LogP contribution in [-0.2, 0) is 6.54 Å². The maximum atomic E-state index is 5.81. The molecule has 0 atom stereocenters. The maximum absolute atomic E-state index is 5.81. The zero-order valence-corrected chi connectivity index (χ0v) is 16.3. The molecule has 1 fully saturated rings. The van der Waals surface area contributed by atoms with E-state index < -0.39 is 0 Å². The maximum Gasteiger partial charge on any atom is 0.173 e. The summed E-state index contributed by atoms with van der Waals surface area (Å²) in [6, 6.07) is 18.8. The summed E-state index contributed by atoms with van der Waals surface area (Å²) in [5, 5.41) is 4.19. The molecule has 2 aromatic carbocycles. The van der Waals surface area contributed by atoms with Crippen molar-refractivity contribution in [3.05, 3.63) is 60.2 Å². The van der Waals surface area contributed by atoms with Crippen LogP contribution in [0.1, 0.15) is 18.4 Å². The van der Waals surface area contributed by atoms with E-state index in [1.54, 1.807) is 7.11 Å². The van der Waals surface area contributed by atoms with Gasteiger partial charge < -0.3 is 19.9 Å². The van der Waals surface area contributed by atoms with E-state index >= 15 is 0 Å². The third-order valence-corrected chi connectivity index (χ3v) is 5.28. The predicted octanol–water partition coefficient (Wildman–Crippen LogP) is 3.99. The SMILES string of the molecule is COc1ccccc1CN(C(=S)Nc1ccccc1)C1CCN(C)CC1. The van der Waals surface area contributed by atoms with Crippen LogP contribution < -0.4 is 10.1 Å². The highest BCUT2D eigenvalue weighted by Gasteiger charge is 2.26. The molecular formula is C21H27N3OS. The Morgan fingerprint density at radius 1 is 1.12 bits per heavy atom. The van der Waals surface area contributed by atoms with Gasteiger partial charge in [0.2, 0.25) is 0 Å². The van der Waals surface area contributed by atoms with E-state index in [1.165, 1.54) is 0 Å². The fourth-order valence-corrected chi connectivity index (χ4v) is 3.74. The molecule has 1 heterocycles. The summed E-state index contributed by atoms with van der Waals surface area (Å²) >= 11 is 5.81. The Kier molecular flexibility index (Phi) is 6.47. The van der Waals surface area contributed by atoms with E-state index in [-0.39, 0.29) is 0 Å². The number of thiocarbonyl (C=S) groups is 1. The number of piperidine rings is 1. The van der Waals surface area contributed by atoms with E-state index in [2.05, 4.69) is 34.3 Å². The predicted molar refractivity (Wildman–Crippen MR) is 112 cm³/mol. The van der Waals surface area contributed by atoms with Gasteiger partial charge in [-0.2, -0.15) is 0 Å². The number of rotatable bonds is 5. The summed E-state index contributed by atoms with van der Waals surface area (Å²) < 4.78 is 5.55. The molecular weight excluding hydrogens is 342 g/mol. The first-order chi connectivity index (χ1) is 12.7. The number of anilines is 1. The fraction of sp³-hybridized carbons (Fsp3) is 0.381. The Bertz CT molecular complexity index is 714. The van der Waals surface area contributed by atoms with E-state index in [4.69, 9.17) is 17.0 Å². The molecule has 2 aromatic rings. The van der Waals surface area contributed by atoms with Crippen molar-refractivity contribution in [3.63, 3.8) is 0 Å². The van der Waals surface area contributed by atoms with Gasteiger partial charge in [-0.1, -0.05) is 36.4 Å². The minimum Gasteiger partial charge on any atom is -0.496 e. The molecule has 1 aliphatic rings. The molecule has 3 rings (SSSR count). The minimum atomic E-state index is 0.430. The van der Waals surface area contributed by atoms with Gasteiger partial charge in [-0.15, -0.1) is 0 Å². The smallest absolute Gasteiger partial charge is 0.173 e. The van der Waals surface area contributed by atoms with Crippen LogP contribution in [0.3, 0.4) is 0 Å². The number of hydrogen-bond acceptors (Lipinski definition) is 3. The summed E-state index contributed by atoms with van der Waals surface area (Å²) in [5.41, 5.74) is 2.18. The highest BCUT2D eigenvalue weighted by molar-refractivity contribution is 7.80. The van der Waals surface area contributed by atoms with Gasteiger partial charge in [0.05, 0.1) is 7.11 Å². The minimum absolute atomic E-state index is 0.430. The molecule has 0 radical (unpaired) electrons. The van der Waals surface area contributed by atoms with E-state index in [1.807, 2.05) is 42.5 Å². The molecule has 26 heavy (non-hydrogen) atoms. The molecule has 0 amide bonds. The molecule has 5 heteroatoms. The Balaban J connectivity index is 1.80. The lowest BCUT2D eigenvalue weighted by Crippen LogP contribution is -2.47. The van der Waals surface area contributed by atoms with Crippen LogP contribution in [0.4, 0.5) is 5.69 Å². The third kappa shape index (κ3) is 4.74. The summed E-state index contributed by atoms with van der Waals surface area (Å²) in [6.07, 6.45) is 2.23. The fourth-order valence-electron chi connectivity index (χ4n) is 3.41. The van der Waals surface area contributed by atoms with Gasteiger partial charge in [-0.3, -0.25) is 0 Å². The molecule has 0 aromatic heterocycles. The third-order valence-electron chi connectivity index (χ3n) is 4.95. The molecule has 0 aliphatic carbocycles. The summed E-state index contributed by atoms with van der Waals surface area (Å²) in [4.78, 5) is 4.71. The van der Waals surface area contributed by atoms with Gasteiger partial charge >= 0.3 is 0 Å². The van der Waals surface area contributed by atoms with Gasteiger partial charge in [-0.05, 0) is 63.4 Å². The van der Waals surface area contributed by atoms with Crippen molar-refractivity contribution < 1.29 is 4.74 Å². The van der Waals surface area contributed by atoms with Crippen molar-refractivity contribution >= 4 is 23.0 Å². The van der Waals surface area contributed by atoms with Gasteiger partial charge in [0, 0.05) is 23.8 Å². The van der Waals surface area contributed by atoms with Crippen molar-refractivity contribution in [3.8, 4) is 5.75 Å². The average molecular weight is 370 g/mol. The second-order valence-electron chi connectivity index (χ2n) is 6.77. The first kappa shape index (κ1) is 18.7. The summed E-state index contributed by atoms with van der Waals surface area (Å²) in [6.45, 7) is 2.94. The second-order valence-corrected chi connectivity index (χ2v) is 7.16. The van der Waals surface area contributed by atoms with Crippen molar-refractivity contribution in [2.45, 2.75) is 25.4 Å². The van der Waals surface area contributed by atoms with Crippen molar-refractivity contribution in [2.75, 3.05) is 32.6 Å². The van der Waals surface area contributed by atoms with E-state index in [9.17, 15) is 0 Å². The Morgan fingerprint density at radius 2 is 1.77 bits per heavy atom. The van der Waals surface area contributed by atoms with Crippen LogP contribution in [0.15, 0.2) is 54.6 Å². The number of hydrogen-bond donors (Lipinski definition) is 1. The van der Waals surface area contributed by atoms with Gasteiger partial charge in [0.25, 0.3) is 0 Å². The molecule has 0 bridgehead atoms. The van der Waals surface area contributed by atoms with Gasteiger partial charge in [0.1, 0.15) is 5.75 Å². The normalized spacial score (nSPS) is 15.5. The molecule has 0 saturated carbocycles. The molecule has 0 spiro atoms. The monoisotopic (exact) mass is 369 g/mol. The summed E-state index contributed by atoms with van der Waals surface area (Å²) in [7, 11) is 3.90. The van der Waals surface area contributed by atoms with Crippen LogP contribution in [0.5, 0.6) is 5.75 Å². The number of para-hydroxylation sites is 2. The Morgan fingerprint density at radius 3 is 2.46 bits per heavy atom. The standard InChI is InChI=1S/C21H27N3OS/c1-23-14-12-19(13-15-23)24(16-17-8-6-7-11-20(17)25-2)21(26)22-18-9-4-3-5-10-18/h3-11,19H,12-16H2,1-2H3,(H,22,26). The lowest BCUT2D eigenvalue weighted by atomic mass is 10.0. The number of methoxy groups -OCH3 is 1. The van der Waals surface area contributed by atoms with Gasteiger partial charge in [-0.25, -0.2) is 0 Å². The highest BCUT2D eigenvalue weighted by Crippen LogP contribution is 2.24. The average Bonchev–Trinajstić information content (AvgIpc) is 2.68. The topological polar surface area (TPSA) is 27.7 Å². The molecule has 1 N–H and O–H groups in total. The number of ether oxygens (including phenoxy) is 1. The van der Waals surface area contributed by atoms with Crippen LogP contribution in [0.2, 0.25) is 0 Å². The lowest BCUT2D eigenvalue weighted by molar-refractivity contribution is 0.173. The van der Waals surface area contributed by atoms with Crippen LogP contribution in [0, 0.1) is 0 Å². The zero-order valence-electron chi connectivity index (χ0n) is 15.5. The first-order valence-corrected chi connectivity index (χ1v) is 9.51. The Labute approximate surface area is 161 Å². The van der Waals surface area contributed by atoms with Crippen molar-refractivity contribution in [1.29, 1.82) is 0 Å². The number of nitrogens with one attached hydrogen (secondary N) is 1. The second kappa shape index (κ2) is 9.01. The quantitative estimate of drug-likeness (QED) is 0.805. The van der Waals surface area contributed by atoms with Crippen LogP contribution >= 0.6 is 12.2 Å². The van der Waals surface area contributed by atoms with Crippen LogP contribution in [-0.4, -0.2) is 48.2 Å². The molecule has 1 aliphatic heterocycles. The first-order valence-electron chi connectivity index (χ1n) is 9.10. The summed E-state index contributed by atoms with van der Waals surface area (Å²) in [5.74, 6) is 0.910. The zero-order chi connectivity index (χ0) is 18.4. The Hall–Kier alpha value is -2.11. The van der Waals surface area contributed by atoms with Crippen molar-refractivity contribution in [1.82, 2.24) is 9.80 Å². The number of benzene rings is 2. The molecule has 1 saturated heterocycles. The molecule has 138 valence electrons. The number of nitrogens with zero attached hydrogens (tertiary/aromatic N) is 2. The number of likely N-dealkylation sites (tertiary alicyclic amines) is 1. The molecule has 4 nitrogen and oxygen atoms in total. The van der Waals surface area contributed by atoms with E-state index in [0.29, 0.717) is 6.04 Å². The highest BCUT2D eigenvalue weighted by atomic mass is 32.1. The van der Waals surface area contributed by atoms with Crippen molar-refractivity contribution in [2.24, 2.45) is 0 Å². The van der Waals surface area contributed by atoms with E-state index in [0.717, 1.165) is 54.6 Å². The largest absolute Gasteiger partial charge is 0.496 e. The lowest BCUT2D eigenvalue weighted by Gasteiger charge is -2.39. The van der Waals surface area contributed by atoms with Gasteiger partial charge in [0.15, 0.2) is 5.11 Å². The molecule has 0 unspecified atom stereocenters.